The van der Waals surface area contributed by atoms with Crippen molar-refractivity contribution in [3.63, 3.8) is 0 Å². The number of nitrogens with two attached hydrogens (primary N) is 4. The molecule has 0 saturated carbocycles. The van der Waals surface area contributed by atoms with Crippen LogP contribution in [0.4, 0.5) is 0 Å². The lowest BCUT2D eigenvalue weighted by Crippen LogP contribution is -2.62. The molecule has 0 bridgehead atoms. The van der Waals surface area contributed by atoms with Gasteiger partial charge in [-0.3, -0.25) is 82.7 Å². The first-order chi connectivity index (χ1) is 66.4. The maximum atomic E-state index is 15.4. The summed E-state index contributed by atoms with van der Waals surface area (Å²) in [6, 6.07) is 1.80. The van der Waals surface area contributed by atoms with Crippen LogP contribution < -0.4 is 108 Å². The molecule has 2 saturated heterocycles. The Labute approximate surface area is 803 Å². The summed E-state index contributed by atoms with van der Waals surface area (Å²) in [6.45, 7) is 7.69. The minimum atomic E-state index is -1.89. The van der Waals surface area contributed by atoms with Crippen LogP contribution in [0, 0.1) is 22.7 Å². The molecule has 47 nitrogen and oxygen atoms in total. The van der Waals surface area contributed by atoms with Gasteiger partial charge in [0, 0.05) is 81.2 Å². The van der Waals surface area contributed by atoms with Crippen LogP contribution in [0.25, 0.3) is 10.9 Å². The van der Waals surface area contributed by atoms with E-state index in [0.717, 1.165) is 6.92 Å². The van der Waals surface area contributed by atoms with Crippen molar-refractivity contribution < 1.29 is 92.0 Å². The number of aliphatic carboxylic acids is 1. The predicted octanol–water partition coefficient (Wildman–Crippen LogP) is -4.75. The van der Waals surface area contributed by atoms with E-state index in [2.05, 4.69) is 110 Å². The van der Waals surface area contributed by atoms with Crippen molar-refractivity contribution >= 4 is 117 Å². The number of likely N-dealkylation sites (tertiary alicyclic amines) is 1. The number of hydrogen-bond donors (Lipinski definition) is 28. The van der Waals surface area contributed by atoms with Gasteiger partial charge in [-0.05, 0) is 132 Å². The number of primary amides is 1. The van der Waals surface area contributed by atoms with Gasteiger partial charge in [-0.1, -0.05) is 113 Å². The number of carboxylic acids is 1. The molecule has 5 heterocycles. The van der Waals surface area contributed by atoms with Crippen LogP contribution >= 0.6 is 0 Å². The van der Waals surface area contributed by atoms with Crippen LogP contribution in [-0.4, -0.2) is 288 Å². The van der Waals surface area contributed by atoms with Crippen LogP contribution in [0.5, 0.6) is 0 Å². The number of amides is 15. The molecule has 47 heteroatoms. The number of hydrogen-bond acceptors (Lipinski definition) is 24. The van der Waals surface area contributed by atoms with Gasteiger partial charge in [-0.25, -0.2) is 14.8 Å². The van der Waals surface area contributed by atoms with E-state index in [4.69, 9.17) is 33.8 Å². The fraction of sp³-hybridized carbons (Fsp3) is 0.522. The number of nitrogens with one attached hydrogen (secondary N) is 21. The highest BCUT2D eigenvalue weighted by Crippen LogP contribution is 2.25. The van der Waals surface area contributed by atoms with Gasteiger partial charge in [0.25, 0.3) is 0 Å². The second-order valence-electron chi connectivity index (χ2n) is 35.2. The number of para-hydroxylation sites is 1. The van der Waals surface area contributed by atoms with Gasteiger partial charge < -0.3 is 143 Å². The number of rotatable bonds is 58. The zero-order valence-electron chi connectivity index (χ0n) is 78.6. The minimum absolute atomic E-state index is 0.00521. The Morgan fingerprint density at radius 1 is 0.482 bits per heavy atom. The van der Waals surface area contributed by atoms with Crippen molar-refractivity contribution in [2.24, 2.45) is 34.8 Å². The first-order valence-corrected chi connectivity index (χ1v) is 46.7. The summed E-state index contributed by atoms with van der Waals surface area (Å²) in [5.41, 5.74) is 25.4. The molecular formula is C92H134N28O19. The normalized spacial score (nSPS) is 16.7. The Balaban J connectivity index is 1.02. The Morgan fingerprint density at radius 2 is 0.928 bits per heavy atom. The van der Waals surface area contributed by atoms with Crippen molar-refractivity contribution in [3.05, 3.63) is 144 Å². The van der Waals surface area contributed by atoms with Crippen LogP contribution in [0.2, 0.25) is 0 Å². The molecule has 2 aliphatic rings. The number of imidazole rings is 2. The molecule has 0 radical (unpaired) electrons. The van der Waals surface area contributed by atoms with E-state index in [9.17, 15) is 63.3 Å². The summed E-state index contributed by atoms with van der Waals surface area (Å²) in [4.78, 5) is 249. The Kier molecular flexibility index (Phi) is 44.0. The van der Waals surface area contributed by atoms with Gasteiger partial charge in [-0.2, -0.15) is 0 Å². The molecule has 32 N–H and O–H groups in total. The molecular weight excluding hydrogens is 1800 g/mol. The fourth-order valence-electron chi connectivity index (χ4n) is 16.1. The molecule has 0 spiro atoms. The Hall–Kier alpha value is -14.5. The van der Waals surface area contributed by atoms with E-state index in [0.29, 0.717) is 53.4 Å². The third-order valence-electron chi connectivity index (χ3n) is 23.8. The lowest BCUT2D eigenvalue weighted by Gasteiger charge is -2.31. The van der Waals surface area contributed by atoms with E-state index >= 15 is 28.8 Å². The van der Waals surface area contributed by atoms with Crippen molar-refractivity contribution in [1.82, 2.24) is 115 Å². The van der Waals surface area contributed by atoms with E-state index < -0.39 is 223 Å². The third kappa shape index (κ3) is 35.2. The summed E-state index contributed by atoms with van der Waals surface area (Å²) >= 11 is 0. The molecule has 8 rings (SSSR count). The van der Waals surface area contributed by atoms with Crippen molar-refractivity contribution in [2.45, 2.75) is 253 Å². The second kappa shape index (κ2) is 55.7. The molecule has 3 aromatic carbocycles. The van der Waals surface area contributed by atoms with Gasteiger partial charge in [0.15, 0.2) is 18.0 Å². The van der Waals surface area contributed by atoms with E-state index in [1.165, 1.54) is 29.9 Å². The molecule has 2 aliphatic heterocycles. The summed E-state index contributed by atoms with van der Waals surface area (Å²) in [5.74, 6) is -17.0. The summed E-state index contributed by atoms with van der Waals surface area (Å²) in [6.07, 6.45) is 5.53. The molecule has 756 valence electrons. The summed E-state index contributed by atoms with van der Waals surface area (Å²) in [7, 11) is 0. The molecule has 17 atom stereocenters. The number of carboxylic acid groups (broad SMARTS) is 1. The lowest BCUT2D eigenvalue weighted by molar-refractivity contribution is -0.145. The average molecular weight is 1940 g/mol. The van der Waals surface area contributed by atoms with Crippen molar-refractivity contribution in [1.29, 1.82) is 10.8 Å². The molecule has 15 amide bonds. The molecule has 0 aliphatic carbocycles. The van der Waals surface area contributed by atoms with Gasteiger partial charge in [0.1, 0.15) is 78.5 Å². The molecule has 2 fully saturated rings. The first kappa shape index (κ1) is 110. The quantitative estimate of drug-likeness (QED) is 0.00968. The van der Waals surface area contributed by atoms with E-state index in [-0.39, 0.29) is 139 Å². The summed E-state index contributed by atoms with van der Waals surface area (Å²) in [5, 5.41) is 90.0. The number of aliphatic hydroxyl groups excluding tert-OH is 2. The molecule has 139 heavy (non-hydrogen) atoms. The predicted molar refractivity (Wildman–Crippen MR) is 508 cm³/mol. The molecule has 3 aromatic heterocycles. The SMILES string of the molecule is CC[C@H](C)[C@H](NC(=O)[C@H](CCCNC(=N)N)NC(=O)[C@H](Cc1ccccc1)NC(=O)[C@H](Cc1c[nH]cn1)NC(=O)[C@H](CO)NC(=O)[C@H](CCCCN)NC(=O)[C@H](Cc1c[nH]c2ccccc12)NC(=O)[C@H](CC(C)C)NC(=O)[C@@H]1CCCN1C(=O)[C@H](Cc1ccccc1)NC(=O)[C@H](CCCNC(=N)N)NC(=O)[C@H](CC(N)=O)NC(=O)[C@@H]1CCCN1)C(=O)N[C@@H](Cc1c[nH]cn1)C(=O)N[C@H](C(=O)O)[C@@H](C)O. The fourth-order valence-corrected chi connectivity index (χ4v) is 16.1. The number of nitrogens with zero attached hydrogens (tertiary/aromatic N) is 3. The highest BCUT2D eigenvalue weighted by Gasteiger charge is 2.44. The highest BCUT2D eigenvalue weighted by molar-refractivity contribution is 6.02. The number of guanidine groups is 2. The van der Waals surface area contributed by atoms with Gasteiger partial charge in [-0.15, -0.1) is 0 Å². The minimum Gasteiger partial charge on any atom is -0.480 e. The number of fused-ring (bicyclic) bond motifs is 1. The van der Waals surface area contributed by atoms with E-state index in [1.54, 1.807) is 119 Å². The summed E-state index contributed by atoms with van der Waals surface area (Å²) < 4.78 is 0. The maximum Gasteiger partial charge on any atom is 0.328 e. The Morgan fingerprint density at radius 3 is 1.42 bits per heavy atom. The van der Waals surface area contributed by atoms with Crippen LogP contribution in [-0.2, 0) is 109 Å². The van der Waals surface area contributed by atoms with Crippen molar-refractivity contribution in [2.75, 3.05) is 39.3 Å². The second-order valence-corrected chi connectivity index (χ2v) is 35.2. The maximum absolute atomic E-state index is 15.4. The number of carbonyl (C=O) groups excluding carboxylic acids is 15. The number of H-pyrrole nitrogens is 3. The smallest absolute Gasteiger partial charge is 0.328 e. The monoisotopic (exact) mass is 1940 g/mol. The first-order valence-electron chi connectivity index (χ1n) is 46.7. The lowest BCUT2D eigenvalue weighted by atomic mass is 9.96. The van der Waals surface area contributed by atoms with Crippen LogP contribution in [0.15, 0.2) is 116 Å². The average Bonchev–Trinajstić information content (AvgIpc) is 1.70. The zero-order chi connectivity index (χ0) is 101. The number of carbonyl (C=O) groups is 16. The molecule has 6 aromatic rings. The van der Waals surface area contributed by atoms with Gasteiger partial charge >= 0.3 is 5.97 Å². The van der Waals surface area contributed by atoms with Crippen LogP contribution in [0.1, 0.15) is 153 Å². The standard InChI is InChI=1S/C92H134N28O19/c1-6-51(4)74(88(136)115-68(42-57-46-100-49-106-57)85(133)119-75(52(5)122)90(138)139)118-79(127)63(30-19-35-103-92(97)98)109-81(129)65(38-53-21-9-7-10-22-53)110-83(131)67(41-56-45-99-48-105-56)112-86(134)71(47-121)117-78(126)61(27-15-16-32-93)107-82(130)66(40-55-44-104-59-26-14-13-25-58(55)59)111-80(128)64(37-50(2)3)114-87(135)72-31-20-36-120(72)89(137)70(39-54-23-11-8-12-24-54)116-77(125)62(29-18-34-102-91(95)96)108-84(132)69(43-73(94)123)113-76(124)60-28-17-33-101-60/h7-14,21-26,44-46,48-52,60-72,74-75,101,104,121-122H,6,15-20,27-43,47,93H2,1-5H3,(H2,94,123)(H,99,105)(H,100,106)(H,107,130)(H,108,132)(H,109,129)(H,110,131)(H,111,128)(H,112,134)(H,113,124)(H,114,135)(H,115,136)(H,116,125)(H,117,126)(H,118,127)(H,119,133)(H,138,139)(H4,95,96,102)(H4,97,98,103)/t51-,52+,60-,61-,62-,63-,64-,65-,66-,67-,68-,69-,70-,71-,72-,74-,75-/m0/s1. The largest absolute Gasteiger partial charge is 0.480 e. The number of aromatic nitrogens is 5. The number of aliphatic hydroxyl groups is 2. The van der Waals surface area contributed by atoms with Gasteiger partial charge in [0.2, 0.25) is 88.6 Å². The van der Waals surface area contributed by atoms with Crippen molar-refractivity contribution in [3.8, 4) is 0 Å². The van der Waals surface area contributed by atoms with Crippen LogP contribution in [0.3, 0.4) is 0 Å². The highest BCUT2D eigenvalue weighted by atomic mass is 16.4. The van der Waals surface area contributed by atoms with E-state index in [1.807, 2.05) is 0 Å². The Bertz CT molecular complexity index is 5120. The number of benzene rings is 3. The number of unbranched alkanes of at least 4 members (excludes halogenated alkanes) is 1. The topological polar surface area (TPSA) is 754 Å². The molecule has 0 unspecified atom stereocenters. The van der Waals surface area contributed by atoms with Gasteiger partial charge in [0.05, 0.1) is 49.2 Å². The zero-order valence-corrected chi connectivity index (χ0v) is 78.6. The number of aromatic amines is 3. The third-order valence-corrected chi connectivity index (χ3v) is 23.8.